The first-order valence-corrected chi connectivity index (χ1v) is 9.10. The molecule has 170 valence electrons. The third-order valence-corrected chi connectivity index (χ3v) is 4.78. The molecule has 0 spiro atoms. The van der Waals surface area contributed by atoms with E-state index in [4.69, 9.17) is 14.6 Å². The molecule has 11 heteroatoms. The number of aliphatic hydroxyl groups is 1. The Kier molecular flexibility index (Phi) is 8.28. The second-order valence-corrected chi connectivity index (χ2v) is 6.70. The van der Waals surface area contributed by atoms with Crippen molar-refractivity contribution in [2.75, 3.05) is 19.0 Å². The Labute approximate surface area is 175 Å². The van der Waals surface area contributed by atoms with Gasteiger partial charge in [0.25, 0.3) is 0 Å². The highest BCUT2D eigenvalue weighted by Crippen LogP contribution is 2.45. The van der Waals surface area contributed by atoms with E-state index in [0.717, 1.165) is 13.2 Å². The number of nitrogens with one attached hydrogen (secondary N) is 1. The number of rotatable bonds is 5. The average Bonchev–Trinajstić information content (AvgIpc) is 3.12. The van der Waals surface area contributed by atoms with Crippen LogP contribution in [0, 0.1) is 17.6 Å². The molecule has 1 aliphatic heterocycles. The van der Waals surface area contributed by atoms with Crippen molar-refractivity contribution in [2.45, 2.75) is 31.7 Å². The standard InChI is InChI=1S/C13H13F5O2.C7H8N2O2/c1-6-8(5-20-12(6)13(16,17)18)7-3-4-9(14)10(15)11(7)19-2;10-4-7-3-6(9-5-11)1-2-8-7/h3-4,6,8,12H,5H2,1-2H3;1-3,5,10H,4H2,(H,8,9,11). The number of amides is 1. The van der Waals surface area contributed by atoms with Crippen molar-refractivity contribution < 1.29 is 41.3 Å². The van der Waals surface area contributed by atoms with Crippen molar-refractivity contribution in [3.8, 4) is 5.75 Å². The summed E-state index contributed by atoms with van der Waals surface area (Å²) in [4.78, 5) is 13.8. The van der Waals surface area contributed by atoms with E-state index in [1.165, 1.54) is 19.2 Å². The number of hydrogen-bond donors (Lipinski definition) is 2. The third kappa shape index (κ3) is 5.88. The van der Waals surface area contributed by atoms with Gasteiger partial charge in [0.1, 0.15) is 0 Å². The fourth-order valence-corrected chi connectivity index (χ4v) is 3.26. The predicted molar refractivity (Wildman–Crippen MR) is 100 cm³/mol. The van der Waals surface area contributed by atoms with Gasteiger partial charge < -0.3 is 19.9 Å². The Morgan fingerprint density at radius 2 is 2.03 bits per heavy atom. The minimum Gasteiger partial charge on any atom is -0.493 e. The highest BCUT2D eigenvalue weighted by Gasteiger charge is 2.51. The molecule has 2 N–H and O–H groups in total. The van der Waals surface area contributed by atoms with Crippen molar-refractivity contribution in [3.63, 3.8) is 0 Å². The second kappa shape index (κ2) is 10.5. The van der Waals surface area contributed by atoms with Crippen LogP contribution in [-0.4, -0.2) is 42.5 Å². The number of halogens is 5. The van der Waals surface area contributed by atoms with Gasteiger partial charge in [-0.1, -0.05) is 13.0 Å². The quantitative estimate of drug-likeness (QED) is 0.537. The largest absolute Gasteiger partial charge is 0.493 e. The van der Waals surface area contributed by atoms with Gasteiger partial charge in [-0.05, 0) is 18.2 Å². The number of aliphatic hydroxyl groups excluding tert-OH is 1. The number of hydrogen-bond acceptors (Lipinski definition) is 5. The molecule has 31 heavy (non-hydrogen) atoms. The molecule has 1 aromatic carbocycles. The van der Waals surface area contributed by atoms with Crippen molar-refractivity contribution >= 4 is 12.1 Å². The molecular weight excluding hydrogens is 427 g/mol. The number of pyridine rings is 1. The maximum Gasteiger partial charge on any atom is 0.414 e. The molecular formula is C20H21F5N2O4. The van der Waals surface area contributed by atoms with Crippen LogP contribution in [0.15, 0.2) is 30.5 Å². The van der Waals surface area contributed by atoms with Gasteiger partial charge in [-0.15, -0.1) is 0 Å². The van der Waals surface area contributed by atoms with Crippen molar-refractivity contribution in [1.29, 1.82) is 0 Å². The average molecular weight is 448 g/mol. The van der Waals surface area contributed by atoms with Gasteiger partial charge in [0.15, 0.2) is 17.7 Å². The van der Waals surface area contributed by atoms with Crippen molar-refractivity contribution in [1.82, 2.24) is 4.98 Å². The van der Waals surface area contributed by atoms with Crippen LogP contribution in [0.3, 0.4) is 0 Å². The molecule has 2 aromatic rings. The Morgan fingerprint density at radius 1 is 1.32 bits per heavy atom. The van der Waals surface area contributed by atoms with Gasteiger partial charge in [-0.3, -0.25) is 9.78 Å². The van der Waals surface area contributed by atoms with Gasteiger partial charge in [-0.2, -0.15) is 17.6 Å². The maximum atomic E-state index is 13.6. The molecule has 6 nitrogen and oxygen atoms in total. The summed E-state index contributed by atoms with van der Waals surface area (Å²) in [6, 6.07) is 5.36. The van der Waals surface area contributed by atoms with E-state index in [9.17, 15) is 26.7 Å². The van der Waals surface area contributed by atoms with E-state index < -0.39 is 35.8 Å². The van der Waals surface area contributed by atoms with Crippen molar-refractivity contribution in [2.24, 2.45) is 5.92 Å². The molecule has 0 aliphatic carbocycles. The molecule has 1 aliphatic rings. The van der Waals surface area contributed by atoms with Gasteiger partial charge in [0, 0.05) is 29.3 Å². The van der Waals surface area contributed by atoms with E-state index in [2.05, 4.69) is 10.3 Å². The first-order chi connectivity index (χ1) is 14.6. The molecule has 1 aromatic heterocycles. The molecule has 3 atom stereocenters. The van der Waals surface area contributed by atoms with Gasteiger partial charge in [0.2, 0.25) is 12.2 Å². The van der Waals surface area contributed by atoms with E-state index in [0.29, 0.717) is 17.8 Å². The minimum absolute atomic E-state index is 0.117. The summed E-state index contributed by atoms with van der Waals surface area (Å²) >= 11 is 0. The Hall–Kier alpha value is -2.79. The Balaban J connectivity index is 0.000000262. The molecule has 0 saturated carbocycles. The summed E-state index contributed by atoms with van der Waals surface area (Å²) in [7, 11) is 1.14. The Bertz CT molecular complexity index is 894. The molecule has 1 amide bonds. The van der Waals surface area contributed by atoms with Crippen LogP contribution in [0.1, 0.15) is 24.1 Å². The van der Waals surface area contributed by atoms with Crippen LogP contribution in [0.5, 0.6) is 5.75 Å². The number of aromatic nitrogens is 1. The van der Waals surface area contributed by atoms with Gasteiger partial charge in [-0.25, -0.2) is 4.39 Å². The molecule has 0 radical (unpaired) electrons. The van der Waals surface area contributed by atoms with E-state index in [-0.39, 0.29) is 24.5 Å². The summed E-state index contributed by atoms with van der Waals surface area (Å²) < 4.78 is 74.5. The highest BCUT2D eigenvalue weighted by molar-refractivity contribution is 5.70. The Morgan fingerprint density at radius 3 is 2.58 bits per heavy atom. The number of carbonyl (C=O) groups excluding carboxylic acids is 1. The zero-order valence-corrected chi connectivity index (χ0v) is 16.6. The fourth-order valence-electron chi connectivity index (χ4n) is 3.26. The number of carbonyl (C=O) groups is 1. The fraction of sp³-hybridized carbons (Fsp3) is 0.400. The summed E-state index contributed by atoms with van der Waals surface area (Å²) in [6.07, 6.45) is -4.29. The summed E-state index contributed by atoms with van der Waals surface area (Å²) in [5, 5.41) is 11.1. The number of anilines is 1. The number of alkyl halides is 3. The van der Waals surface area contributed by atoms with Gasteiger partial charge >= 0.3 is 6.18 Å². The molecule has 3 rings (SSSR count). The third-order valence-electron chi connectivity index (χ3n) is 4.78. The van der Waals surface area contributed by atoms with Crippen LogP contribution in [0.4, 0.5) is 27.6 Å². The molecule has 3 unspecified atom stereocenters. The summed E-state index contributed by atoms with van der Waals surface area (Å²) in [6.45, 7) is 1.04. The van der Waals surface area contributed by atoms with E-state index in [1.807, 2.05) is 0 Å². The molecule has 1 fully saturated rings. The van der Waals surface area contributed by atoms with Crippen LogP contribution < -0.4 is 10.1 Å². The number of benzene rings is 1. The lowest BCUT2D eigenvalue weighted by atomic mass is 9.86. The SMILES string of the molecule is COc1c(C2COC(C(F)(F)F)C2C)ccc(F)c1F.O=CNc1ccnc(CO)c1. The van der Waals surface area contributed by atoms with E-state index >= 15 is 0 Å². The first-order valence-electron chi connectivity index (χ1n) is 9.10. The second-order valence-electron chi connectivity index (χ2n) is 6.70. The molecule has 1 saturated heterocycles. The van der Waals surface area contributed by atoms with Crippen LogP contribution in [-0.2, 0) is 16.1 Å². The first kappa shape index (κ1) is 24.5. The number of methoxy groups -OCH3 is 1. The topological polar surface area (TPSA) is 80.7 Å². The number of nitrogens with zero attached hydrogens (tertiary/aromatic N) is 1. The smallest absolute Gasteiger partial charge is 0.414 e. The summed E-state index contributed by atoms with van der Waals surface area (Å²) in [5.41, 5.74) is 1.36. The van der Waals surface area contributed by atoms with Gasteiger partial charge in [0.05, 0.1) is 26.0 Å². The lowest BCUT2D eigenvalue weighted by Crippen LogP contribution is -2.33. The number of ether oxygens (including phenoxy) is 2. The summed E-state index contributed by atoms with van der Waals surface area (Å²) in [5.74, 6) is -4.29. The highest BCUT2D eigenvalue weighted by atomic mass is 19.4. The van der Waals surface area contributed by atoms with E-state index in [1.54, 1.807) is 12.1 Å². The molecule has 2 heterocycles. The van der Waals surface area contributed by atoms with Crippen LogP contribution >= 0.6 is 0 Å². The van der Waals surface area contributed by atoms with Crippen LogP contribution in [0.25, 0.3) is 0 Å². The maximum absolute atomic E-state index is 13.6. The zero-order chi connectivity index (χ0) is 23.2. The lowest BCUT2D eigenvalue weighted by Gasteiger charge is -2.22. The zero-order valence-electron chi connectivity index (χ0n) is 16.6. The minimum atomic E-state index is -4.49. The monoisotopic (exact) mass is 448 g/mol. The predicted octanol–water partition coefficient (Wildman–Crippen LogP) is 3.80. The van der Waals surface area contributed by atoms with Crippen LogP contribution in [0.2, 0.25) is 0 Å². The normalized spacial score (nSPS) is 20.6. The lowest BCUT2D eigenvalue weighted by molar-refractivity contribution is -0.215. The van der Waals surface area contributed by atoms with Crippen molar-refractivity contribution in [3.05, 3.63) is 53.4 Å². The molecule has 0 bridgehead atoms.